The molecule has 1 heterocycles. The third-order valence-corrected chi connectivity index (χ3v) is 2.82. The second-order valence-electron chi connectivity index (χ2n) is 4.02. The number of methoxy groups -OCH3 is 1. The number of pyridine rings is 1. The zero-order valence-corrected chi connectivity index (χ0v) is 11.3. The highest BCUT2D eigenvalue weighted by Gasteiger charge is 2.07. The van der Waals surface area contributed by atoms with Crippen LogP contribution in [0.4, 0.5) is 5.82 Å². The molecule has 0 aliphatic heterocycles. The standard InChI is InChI=1S/C13H23N3O/c1-5-16(8-9-17-4)13-7-6-12(10-14-3)11(2)15-13/h6-7,14H,5,8-10H2,1-4H3. The Hall–Kier alpha value is -1.13. The van der Waals surface area contributed by atoms with Gasteiger partial charge in [-0.3, -0.25) is 0 Å². The van der Waals surface area contributed by atoms with Gasteiger partial charge in [-0.1, -0.05) is 6.07 Å². The summed E-state index contributed by atoms with van der Waals surface area (Å²) in [5, 5.41) is 3.15. The lowest BCUT2D eigenvalue weighted by Crippen LogP contribution is -2.28. The van der Waals surface area contributed by atoms with E-state index in [0.717, 1.165) is 37.8 Å². The van der Waals surface area contributed by atoms with Crippen LogP contribution in [0.15, 0.2) is 12.1 Å². The number of hydrogen-bond donors (Lipinski definition) is 1. The normalized spacial score (nSPS) is 10.6. The van der Waals surface area contributed by atoms with Gasteiger partial charge in [-0.25, -0.2) is 4.98 Å². The van der Waals surface area contributed by atoms with E-state index in [1.165, 1.54) is 5.56 Å². The molecule has 0 amide bonds. The fourth-order valence-electron chi connectivity index (χ4n) is 1.77. The van der Waals surface area contributed by atoms with Crippen molar-refractivity contribution in [3.8, 4) is 0 Å². The maximum atomic E-state index is 5.11. The number of nitrogens with zero attached hydrogens (tertiary/aromatic N) is 2. The third-order valence-electron chi connectivity index (χ3n) is 2.82. The van der Waals surface area contributed by atoms with Gasteiger partial charge in [0.25, 0.3) is 0 Å². The molecule has 0 aromatic carbocycles. The van der Waals surface area contributed by atoms with Gasteiger partial charge in [0.15, 0.2) is 0 Å². The summed E-state index contributed by atoms with van der Waals surface area (Å²) in [6.07, 6.45) is 0. The highest BCUT2D eigenvalue weighted by molar-refractivity contribution is 5.41. The van der Waals surface area contributed by atoms with Gasteiger partial charge in [0.2, 0.25) is 0 Å². The first-order valence-electron chi connectivity index (χ1n) is 6.08. The summed E-state index contributed by atoms with van der Waals surface area (Å²) in [7, 11) is 3.67. The SMILES string of the molecule is CCN(CCOC)c1ccc(CNC)c(C)n1. The second kappa shape index (κ2) is 7.25. The van der Waals surface area contributed by atoms with Gasteiger partial charge in [0.1, 0.15) is 5.82 Å². The number of aryl methyl sites for hydroxylation is 1. The lowest BCUT2D eigenvalue weighted by Gasteiger charge is -2.22. The number of nitrogens with one attached hydrogen (secondary N) is 1. The van der Waals surface area contributed by atoms with Crippen LogP contribution in [0.2, 0.25) is 0 Å². The number of likely N-dealkylation sites (N-methyl/N-ethyl adjacent to an activating group) is 1. The van der Waals surface area contributed by atoms with Crippen molar-refractivity contribution in [3.05, 3.63) is 23.4 Å². The van der Waals surface area contributed by atoms with E-state index in [2.05, 4.69) is 41.2 Å². The largest absolute Gasteiger partial charge is 0.383 e. The van der Waals surface area contributed by atoms with E-state index < -0.39 is 0 Å². The lowest BCUT2D eigenvalue weighted by atomic mass is 10.2. The Morgan fingerprint density at radius 3 is 2.71 bits per heavy atom. The molecule has 0 bridgehead atoms. The molecule has 0 saturated heterocycles. The minimum atomic E-state index is 0.729. The summed E-state index contributed by atoms with van der Waals surface area (Å²) in [6, 6.07) is 4.22. The monoisotopic (exact) mass is 237 g/mol. The van der Waals surface area contributed by atoms with Crippen LogP contribution in [0.1, 0.15) is 18.2 Å². The van der Waals surface area contributed by atoms with Crippen molar-refractivity contribution < 1.29 is 4.74 Å². The quantitative estimate of drug-likeness (QED) is 0.781. The summed E-state index contributed by atoms with van der Waals surface area (Å²) < 4.78 is 5.11. The topological polar surface area (TPSA) is 37.4 Å². The first-order valence-corrected chi connectivity index (χ1v) is 6.08. The third kappa shape index (κ3) is 3.98. The average Bonchev–Trinajstić information content (AvgIpc) is 2.33. The Balaban J connectivity index is 2.79. The summed E-state index contributed by atoms with van der Waals surface area (Å²) >= 11 is 0. The van der Waals surface area contributed by atoms with Gasteiger partial charge < -0.3 is 15.0 Å². The number of anilines is 1. The van der Waals surface area contributed by atoms with Crippen LogP contribution < -0.4 is 10.2 Å². The van der Waals surface area contributed by atoms with Gasteiger partial charge in [0.05, 0.1) is 6.61 Å². The van der Waals surface area contributed by atoms with Crippen LogP contribution in [-0.4, -0.2) is 38.8 Å². The van der Waals surface area contributed by atoms with E-state index in [4.69, 9.17) is 4.74 Å². The molecule has 4 heteroatoms. The minimum absolute atomic E-state index is 0.729. The van der Waals surface area contributed by atoms with Crippen molar-refractivity contribution in [3.63, 3.8) is 0 Å². The van der Waals surface area contributed by atoms with Crippen molar-refractivity contribution in [1.82, 2.24) is 10.3 Å². The molecule has 0 spiro atoms. The maximum Gasteiger partial charge on any atom is 0.128 e. The molecular formula is C13H23N3O. The first-order chi connectivity index (χ1) is 8.22. The molecule has 1 aromatic heterocycles. The fourth-order valence-corrected chi connectivity index (χ4v) is 1.77. The Morgan fingerprint density at radius 2 is 2.18 bits per heavy atom. The predicted molar refractivity (Wildman–Crippen MR) is 71.5 cm³/mol. The summed E-state index contributed by atoms with van der Waals surface area (Å²) in [5.41, 5.74) is 2.34. The van der Waals surface area contributed by atoms with Crippen molar-refractivity contribution in [2.75, 3.05) is 38.8 Å². The van der Waals surface area contributed by atoms with Gasteiger partial charge in [-0.15, -0.1) is 0 Å². The number of ether oxygens (including phenoxy) is 1. The Kier molecular flexibility index (Phi) is 5.94. The first kappa shape index (κ1) is 13.9. The van der Waals surface area contributed by atoms with Crippen molar-refractivity contribution in [2.24, 2.45) is 0 Å². The molecule has 0 saturated carbocycles. The molecule has 0 unspecified atom stereocenters. The molecule has 17 heavy (non-hydrogen) atoms. The molecule has 1 N–H and O–H groups in total. The van der Waals surface area contributed by atoms with Crippen molar-refractivity contribution in [2.45, 2.75) is 20.4 Å². The predicted octanol–water partition coefficient (Wildman–Crippen LogP) is 1.58. The average molecular weight is 237 g/mol. The molecule has 1 aromatic rings. The van der Waals surface area contributed by atoms with Crippen LogP contribution in [0, 0.1) is 6.92 Å². The maximum absolute atomic E-state index is 5.11. The minimum Gasteiger partial charge on any atom is -0.383 e. The molecule has 0 atom stereocenters. The molecule has 0 aliphatic rings. The number of hydrogen-bond acceptors (Lipinski definition) is 4. The Labute approximate surface area is 104 Å². The van der Waals surface area contributed by atoms with E-state index in [1.807, 2.05) is 7.05 Å². The van der Waals surface area contributed by atoms with E-state index in [0.29, 0.717) is 0 Å². The van der Waals surface area contributed by atoms with Crippen LogP contribution in [0.25, 0.3) is 0 Å². The molecule has 1 rings (SSSR count). The van der Waals surface area contributed by atoms with Crippen LogP contribution in [0.3, 0.4) is 0 Å². The van der Waals surface area contributed by atoms with Crippen molar-refractivity contribution >= 4 is 5.82 Å². The van der Waals surface area contributed by atoms with E-state index in [1.54, 1.807) is 7.11 Å². The summed E-state index contributed by atoms with van der Waals surface area (Å²) in [6.45, 7) is 7.61. The van der Waals surface area contributed by atoms with E-state index in [9.17, 15) is 0 Å². The van der Waals surface area contributed by atoms with Crippen LogP contribution in [-0.2, 0) is 11.3 Å². The smallest absolute Gasteiger partial charge is 0.128 e. The molecule has 96 valence electrons. The molecule has 4 nitrogen and oxygen atoms in total. The van der Waals surface area contributed by atoms with Gasteiger partial charge >= 0.3 is 0 Å². The van der Waals surface area contributed by atoms with Gasteiger partial charge in [-0.05, 0) is 32.5 Å². The van der Waals surface area contributed by atoms with Crippen LogP contribution >= 0.6 is 0 Å². The highest BCUT2D eigenvalue weighted by Crippen LogP contribution is 2.14. The van der Waals surface area contributed by atoms with Crippen LogP contribution in [0.5, 0.6) is 0 Å². The fraction of sp³-hybridized carbons (Fsp3) is 0.615. The second-order valence-corrected chi connectivity index (χ2v) is 4.02. The van der Waals surface area contributed by atoms with E-state index in [-0.39, 0.29) is 0 Å². The molecular weight excluding hydrogens is 214 g/mol. The number of rotatable bonds is 7. The lowest BCUT2D eigenvalue weighted by molar-refractivity contribution is 0.205. The molecule has 0 radical (unpaired) electrons. The zero-order valence-electron chi connectivity index (χ0n) is 11.3. The summed E-state index contributed by atoms with van der Waals surface area (Å²) in [4.78, 5) is 6.87. The van der Waals surface area contributed by atoms with Gasteiger partial charge in [0, 0.05) is 32.4 Å². The van der Waals surface area contributed by atoms with Gasteiger partial charge in [-0.2, -0.15) is 0 Å². The molecule has 0 fully saturated rings. The highest BCUT2D eigenvalue weighted by atomic mass is 16.5. The summed E-state index contributed by atoms with van der Waals surface area (Å²) in [5.74, 6) is 1.03. The number of aromatic nitrogens is 1. The Bertz CT molecular complexity index is 341. The molecule has 0 aliphatic carbocycles. The zero-order chi connectivity index (χ0) is 12.7. The van der Waals surface area contributed by atoms with E-state index >= 15 is 0 Å². The Morgan fingerprint density at radius 1 is 1.41 bits per heavy atom. The van der Waals surface area contributed by atoms with Crippen molar-refractivity contribution in [1.29, 1.82) is 0 Å².